The summed E-state index contributed by atoms with van der Waals surface area (Å²) in [6.45, 7) is 4.21. The third-order valence-electron chi connectivity index (χ3n) is 2.91. The molecule has 8 heteroatoms. The van der Waals surface area contributed by atoms with Crippen LogP contribution in [0.2, 0.25) is 0 Å². The highest BCUT2D eigenvalue weighted by Crippen LogP contribution is 2.28. The van der Waals surface area contributed by atoms with Crippen molar-refractivity contribution in [2.24, 2.45) is 0 Å². The Hall–Kier alpha value is -0.960. The van der Waals surface area contributed by atoms with E-state index in [1.54, 1.807) is 6.92 Å². The number of carboxylic acids is 1. The van der Waals surface area contributed by atoms with Crippen LogP contribution in [0.4, 0.5) is 0 Å². The number of carboxylic acid groups (broad SMARTS) is 1. The molecule has 0 radical (unpaired) electrons. The molecule has 0 aliphatic carbocycles. The summed E-state index contributed by atoms with van der Waals surface area (Å²) in [4.78, 5) is 10.8. The van der Waals surface area contributed by atoms with Gasteiger partial charge >= 0.3 is 5.97 Å². The van der Waals surface area contributed by atoms with E-state index in [1.807, 2.05) is 6.92 Å². The lowest BCUT2D eigenvalue weighted by molar-refractivity contribution is -0.0170. The van der Waals surface area contributed by atoms with Crippen molar-refractivity contribution in [2.75, 3.05) is 13.2 Å². The van der Waals surface area contributed by atoms with Gasteiger partial charge in [0.25, 0.3) is 10.0 Å². The minimum Gasteiger partial charge on any atom is -0.477 e. The van der Waals surface area contributed by atoms with Gasteiger partial charge in [-0.2, -0.15) is 4.31 Å². The second-order valence-corrected chi connectivity index (χ2v) is 7.69. The Morgan fingerprint density at radius 1 is 1.47 bits per heavy atom. The molecule has 1 aromatic rings. The van der Waals surface area contributed by atoms with Gasteiger partial charge in [-0.25, -0.2) is 13.2 Å². The van der Waals surface area contributed by atoms with Crippen molar-refractivity contribution in [1.29, 1.82) is 0 Å². The van der Waals surface area contributed by atoms with Crippen LogP contribution in [0.5, 0.6) is 0 Å². The molecule has 2 heterocycles. The Kier molecular flexibility index (Phi) is 3.95. The second-order valence-electron chi connectivity index (χ2n) is 4.49. The molecular formula is C11H15NO5S2. The van der Waals surface area contributed by atoms with Crippen molar-refractivity contribution < 1.29 is 23.1 Å². The summed E-state index contributed by atoms with van der Waals surface area (Å²) < 4.78 is 31.8. The van der Waals surface area contributed by atoms with Crippen LogP contribution in [-0.2, 0) is 14.8 Å². The third-order valence-corrected chi connectivity index (χ3v) is 6.43. The fourth-order valence-corrected chi connectivity index (χ4v) is 4.86. The topological polar surface area (TPSA) is 83.9 Å². The number of nitrogens with zero attached hydrogens (tertiary/aromatic N) is 1. The van der Waals surface area contributed by atoms with E-state index >= 15 is 0 Å². The predicted molar refractivity (Wildman–Crippen MR) is 70.0 cm³/mol. The SMILES string of the molecule is CC1CN(S(=O)(=O)c2ccc(C(=O)O)s2)C(C)CO1. The fourth-order valence-electron chi connectivity index (χ4n) is 1.90. The monoisotopic (exact) mass is 305 g/mol. The van der Waals surface area contributed by atoms with Crippen LogP contribution in [0.25, 0.3) is 0 Å². The standard InChI is InChI=1S/C11H15NO5S2/c1-7-6-17-8(2)5-12(7)19(15,16)10-4-3-9(18-10)11(13)14/h3-4,7-8H,5-6H2,1-2H3,(H,13,14). The Balaban J connectivity index is 2.32. The Morgan fingerprint density at radius 2 is 2.16 bits per heavy atom. The van der Waals surface area contributed by atoms with Gasteiger partial charge in [0.05, 0.1) is 12.7 Å². The van der Waals surface area contributed by atoms with Crippen molar-refractivity contribution in [2.45, 2.75) is 30.2 Å². The number of morpholine rings is 1. The van der Waals surface area contributed by atoms with Gasteiger partial charge in [-0.15, -0.1) is 11.3 Å². The number of hydrogen-bond acceptors (Lipinski definition) is 5. The summed E-state index contributed by atoms with van der Waals surface area (Å²) in [5.41, 5.74) is 0. The van der Waals surface area contributed by atoms with Crippen LogP contribution >= 0.6 is 11.3 Å². The molecule has 2 unspecified atom stereocenters. The van der Waals surface area contributed by atoms with Crippen molar-refractivity contribution in [1.82, 2.24) is 4.31 Å². The summed E-state index contributed by atoms with van der Waals surface area (Å²) in [5.74, 6) is -1.12. The normalized spacial score (nSPS) is 25.4. The minimum absolute atomic E-state index is 0.0209. The van der Waals surface area contributed by atoms with Crippen molar-refractivity contribution in [3.05, 3.63) is 17.0 Å². The molecule has 0 amide bonds. The first-order valence-corrected chi connectivity index (χ1v) is 8.04. The van der Waals surface area contributed by atoms with Gasteiger partial charge < -0.3 is 9.84 Å². The van der Waals surface area contributed by atoms with Crippen LogP contribution in [0, 0.1) is 0 Å². The molecule has 1 N–H and O–H groups in total. The van der Waals surface area contributed by atoms with Crippen LogP contribution in [0.1, 0.15) is 23.5 Å². The lowest BCUT2D eigenvalue weighted by atomic mass is 10.2. The highest BCUT2D eigenvalue weighted by atomic mass is 32.2. The van der Waals surface area contributed by atoms with Crippen LogP contribution in [-0.4, -0.2) is 49.1 Å². The molecule has 1 fully saturated rings. The number of thiophene rings is 1. The van der Waals surface area contributed by atoms with E-state index in [9.17, 15) is 13.2 Å². The lowest BCUT2D eigenvalue weighted by Gasteiger charge is -2.35. The number of ether oxygens (including phenoxy) is 1. The summed E-state index contributed by atoms with van der Waals surface area (Å²) in [7, 11) is -3.65. The Labute approximate surface area is 115 Å². The maximum absolute atomic E-state index is 12.5. The molecule has 6 nitrogen and oxygen atoms in total. The largest absolute Gasteiger partial charge is 0.477 e. The number of aromatic carboxylic acids is 1. The van der Waals surface area contributed by atoms with Gasteiger partial charge in [0.2, 0.25) is 0 Å². The van der Waals surface area contributed by atoms with Crippen molar-refractivity contribution in [3.8, 4) is 0 Å². The van der Waals surface area contributed by atoms with Crippen LogP contribution < -0.4 is 0 Å². The van der Waals surface area contributed by atoms with Gasteiger partial charge in [-0.05, 0) is 26.0 Å². The molecule has 2 rings (SSSR count). The Morgan fingerprint density at radius 3 is 2.74 bits per heavy atom. The highest BCUT2D eigenvalue weighted by Gasteiger charge is 2.35. The number of carbonyl (C=O) groups is 1. The van der Waals surface area contributed by atoms with Crippen molar-refractivity contribution in [3.63, 3.8) is 0 Å². The summed E-state index contributed by atoms with van der Waals surface area (Å²) in [5, 5.41) is 8.85. The maximum Gasteiger partial charge on any atom is 0.345 e. The first-order valence-electron chi connectivity index (χ1n) is 5.79. The van der Waals surface area contributed by atoms with Gasteiger partial charge in [0, 0.05) is 12.6 Å². The van der Waals surface area contributed by atoms with Gasteiger partial charge in [0.15, 0.2) is 0 Å². The molecule has 0 aromatic carbocycles. The zero-order chi connectivity index (χ0) is 14.2. The first kappa shape index (κ1) is 14.4. The fraction of sp³-hybridized carbons (Fsp3) is 0.545. The number of rotatable bonds is 3. The maximum atomic E-state index is 12.5. The summed E-state index contributed by atoms with van der Waals surface area (Å²) in [6, 6.07) is 2.40. The molecule has 1 aromatic heterocycles. The molecule has 19 heavy (non-hydrogen) atoms. The van der Waals surface area contributed by atoms with Crippen LogP contribution in [0.15, 0.2) is 16.3 Å². The minimum atomic E-state index is -3.65. The average Bonchev–Trinajstić information content (AvgIpc) is 2.82. The van der Waals surface area contributed by atoms with E-state index in [0.717, 1.165) is 11.3 Å². The average molecular weight is 305 g/mol. The molecule has 0 saturated carbocycles. The highest BCUT2D eigenvalue weighted by molar-refractivity contribution is 7.91. The zero-order valence-corrected chi connectivity index (χ0v) is 12.2. The summed E-state index contributed by atoms with van der Waals surface area (Å²) >= 11 is 0.775. The van der Waals surface area contributed by atoms with E-state index in [2.05, 4.69) is 0 Å². The van der Waals surface area contributed by atoms with E-state index in [0.29, 0.717) is 6.61 Å². The summed E-state index contributed by atoms with van der Waals surface area (Å²) in [6.07, 6.45) is -0.162. The smallest absolute Gasteiger partial charge is 0.345 e. The van der Waals surface area contributed by atoms with E-state index in [1.165, 1.54) is 16.4 Å². The van der Waals surface area contributed by atoms with Gasteiger partial charge in [-0.1, -0.05) is 0 Å². The predicted octanol–water partition coefficient (Wildman–Crippen LogP) is 1.24. The van der Waals surface area contributed by atoms with Crippen LogP contribution in [0.3, 0.4) is 0 Å². The molecule has 0 spiro atoms. The molecule has 1 aliphatic heterocycles. The van der Waals surface area contributed by atoms with E-state index in [4.69, 9.17) is 9.84 Å². The van der Waals surface area contributed by atoms with E-state index < -0.39 is 16.0 Å². The molecule has 1 saturated heterocycles. The zero-order valence-electron chi connectivity index (χ0n) is 10.6. The number of sulfonamides is 1. The molecule has 106 valence electrons. The van der Waals surface area contributed by atoms with E-state index in [-0.39, 0.29) is 27.8 Å². The lowest BCUT2D eigenvalue weighted by Crippen LogP contribution is -2.49. The van der Waals surface area contributed by atoms with Gasteiger partial charge in [0.1, 0.15) is 9.09 Å². The Bertz CT molecular complexity index is 580. The number of hydrogen-bond donors (Lipinski definition) is 1. The molecular weight excluding hydrogens is 290 g/mol. The second kappa shape index (κ2) is 5.20. The molecule has 2 atom stereocenters. The van der Waals surface area contributed by atoms with Crippen molar-refractivity contribution >= 4 is 27.3 Å². The molecule has 1 aliphatic rings. The third kappa shape index (κ3) is 2.81. The first-order chi connectivity index (χ1) is 8.82. The molecule has 0 bridgehead atoms. The van der Waals surface area contributed by atoms with Gasteiger partial charge in [-0.3, -0.25) is 0 Å². The quantitative estimate of drug-likeness (QED) is 0.908.